The average molecular weight is 233 g/mol. The highest BCUT2D eigenvalue weighted by atomic mass is 16.5. The Morgan fingerprint density at radius 3 is 2.41 bits per heavy atom. The molecule has 0 aliphatic heterocycles. The monoisotopic (exact) mass is 233 g/mol. The number of aromatic nitrogens is 1. The second kappa shape index (κ2) is 4.29. The van der Waals surface area contributed by atoms with Crippen LogP contribution in [0.15, 0.2) is 24.3 Å². The molecule has 0 radical (unpaired) electrons. The number of carboxylic acids is 1. The smallest absolute Gasteiger partial charge is 0.354 e. The minimum absolute atomic E-state index is 0.00437. The van der Waals surface area contributed by atoms with E-state index in [1.807, 2.05) is 0 Å². The zero-order chi connectivity index (χ0) is 12.4. The zero-order valence-electron chi connectivity index (χ0n) is 9.43. The van der Waals surface area contributed by atoms with Crippen molar-refractivity contribution < 1.29 is 19.4 Å². The van der Waals surface area contributed by atoms with Gasteiger partial charge in [-0.3, -0.25) is 0 Å². The number of methoxy groups -OCH3 is 2. The van der Waals surface area contributed by atoms with Crippen molar-refractivity contribution in [3.05, 3.63) is 30.0 Å². The number of ether oxygens (including phenoxy) is 2. The number of rotatable bonds is 3. The van der Waals surface area contributed by atoms with Crippen molar-refractivity contribution >= 4 is 16.9 Å². The Morgan fingerprint density at radius 1 is 1.18 bits per heavy atom. The summed E-state index contributed by atoms with van der Waals surface area (Å²) in [6, 6.07) is 6.55. The first kappa shape index (κ1) is 11.2. The summed E-state index contributed by atoms with van der Waals surface area (Å²) in [6.45, 7) is 0. The third-order valence-electron chi connectivity index (χ3n) is 2.41. The van der Waals surface area contributed by atoms with Crippen LogP contribution >= 0.6 is 0 Å². The van der Waals surface area contributed by atoms with Crippen LogP contribution in [0.1, 0.15) is 10.5 Å². The number of carboxylic acid groups (broad SMARTS) is 1. The lowest BCUT2D eigenvalue weighted by atomic mass is 10.2. The van der Waals surface area contributed by atoms with Crippen LogP contribution in [0.25, 0.3) is 10.9 Å². The normalized spacial score (nSPS) is 10.2. The standard InChI is InChI=1S/C12H11NO4/c1-16-10-5-7-3-4-8(12(14)15)13-9(7)6-11(10)17-2/h3-6H,1-2H3,(H,14,15). The van der Waals surface area contributed by atoms with Gasteiger partial charge in [-0.05, 0) is 12.1 Å². The van der Waals surface area contributed by atoms with Gasteiger partial charge >= 0.3 is 5.97 Å². The molecular weight excluding hydrogens is 222 g/mol. The molecule has 0 amide bonds. The van der Waals surface area contributed by atoms with Gasteiger partial charge in [-0.25, -0.2) is 9.78 Å². The zero-order valence-corrected chi connectivity index (χ0v) is 9.43. The molecule has 5 nitrogen and oxygen atoms in total. The second-order valence-corrected chi connectivity index (χ2v) is 3.40. The van der Waals surface area contributed by atoms with E-state index in [0.29, 0.717) is 17.0 Å². The van der Waals surface area contributed by atoms with Gasteiger partial charge in [0.05, 0.1) is 19.7 Å². The van der Waals surface area contributed by atoms with E-state index in [0.717, 1.165) is 5.39 Å². The molecule has 1 aromatic carbocycles. The maximum absolute atomic E-state index is 10.8. The second-order valence-electron chi connectivity index (χ2n) is 3.40. The highest BCUT2D eigenvalue weighted by Gasteiger charge is 2.09. The Labute approximate surface area is 97.6 Å². The fourth-order valence-electron chi connectivity index (χ4n) is 1.57. The minimum atomic E-state index is -1.05. The molecular formula is C12H11NO4. The molecule has 0 aliphatic rings. The molecule has 0 aliphatic carbocycles. The van der Waals surface area contributed by atoms with Crippen molar-refractivity contribution in [2.24, 2.45) is 0 Å². The average Bonchev–Trinajstić information content (AvgIpc) is 2.36. The predicted molar refractivity (Wildman–Crippen MR) is 61.8 cm³/mol. The van der Waals surface area contributed by atoms with Crippen molar-refractivity contribution in [2.75, 3.05) is 14.2 Å². The maximum Gasteiger partial charge on any atom is 0.354 e. The van der Waals surface area contributed by atoms with Crippen LogP contribution in [-0.2, 0) is 0 Å². The molecule has 5 heteroatoms. The van der Waals surface area contributed by atoms with E-state index in [1.54, 1.807) is 25.3 Å². The summed E-state index contributed by atoms with van der Waals surface area (Å²) < 4.78 is 10.3. The van der Waals surface area contributed by atoms with Crippen molar-refractivity contribution in [3.8, 4) is 11.5 Å². The van der Waals surface area contributed by atoms with Gasteiger partial charge in [0.1, 0.15) is 5.69 Å². The first-order valence-corrected chi connectivity index (χ1v) is 4.92. The summed E-state index contributed by atoms with van der Waals surface area (Å²) in [5.41, 5.74) is 0.562. The fraction of sp³-hybridized carbons (Fsp3) is 0.167. The number of carbonyl (C=O) groups is 1. The molecule has 0 saturated heterocycles. The van der Waals surface area contributed by atoms with Crippen LogP contribution < -0.4 is 9.47 Å². The molecule has 1 aromatic heterocycles. The van der Waals surface area contributed by atoms with E-state index in [1.165, 1.54) is 13.2 Å². The molecule has 0 saturated carbocycles. The molecule has 17 heavy (non-hydrogen) atoms. The number of hydrogen-bond donors (Lipinski definition) is 1. The molecule has 0 fully saturated rings. The Bertz CT molecular complexity index is 580. The number of nitrogens with zero attached hydrogens (tertiary/aromatic N) is 1. The van der Waals surface area contributed by atoms with Gasteiger partial charge in [0, 0.05) is 11.5 Å². The summed E-state index contributed by atoms with van der Waals surface area (Å²) in [6.07, 6.45) is 0. The van der Waals surface area contributed by atoms with Gasteiger partial charge < -0.3 is 14.6 Å². The summed E-state index contributed by atoms with van der Waals surface area (Å²) >= 11 is 0. The van der Waals surface area contributed by atoms with Crippen LogP contribution in [0.2, 0.25) is 0 Å². The summed E-state index contributed by atoms with van der Waals surface area (Å²) in [5, 5.41) is 9.65. The van der Waals surface area contributed by atoms with Crippen LogP contribution in [-0.4, -0.2) is 30.3 Å². The van der Waals surface area contributed by atoms with E-state index >= 15 is 0 Å². The molecule has 0 unspecified atom stereocenters. The Morgan fingerprint density at radius 2 is 1.82 bits per heavy atom. The van der Waals surface area contributed by atoms with Crippen LogP contribution in [0.3, 0.4) is 0 Å². The van der Waals surface area contributed by atoms with Crippen LogP contribution in [0.5, 0.6) is 11.5 Å². The predicted octanol–water partition coefficient (Wildman–Crippen LogP) is 1.95. The molecule has 88 valence electrons. The molecule has 2 rings (SSSR count). The van der Waals surface area contributed by atoms with Crippen molar-refractivity contribution in [3.63, 3.8) is 0 Å². The Balaban J connectivity index is 2.66. The molecule has 0 spiro atoms. The van der Waals surface area contributed by atoms with E-state index < -0.39 is 5.97 Å². The highest BCUT2D eigenvalue weighted by molar-refractivity contribution is 5.90. The van der Waals surface area contributed by atoms with Gasteiger partial charge in [0.25, 0.3) is 0 Å². The third-order valence-corrected chi connectivity index (χ3v) is 2.41. The third kappa shape index (κ3) is 1.99. The van der Waals surface area contributed by atoms with E-state index in [-0.39, 0.29) is 5.69 Å². The van der Waals surface area contributed by atoms with E-state index in [2.05, 4.69) is 4.98 Å². The number of benzene rings is 1. The Hall–Kier alpha value is -2.30. The first-order valence-electron chi connectivity index (χ1n) is 4.92. The highest BCUT2D eigenvalue weighted by Crippen LogP contribution is 2.31. The fourth-order valence-corrected chi connectivity index (χ4v) is 1.57. The summed E-state index contributed by atoms with van der Waals surface area (Å²) in [4.78, 5) is 14.8. The molecule has 0 bridgehead atoms. The molecule has 0 atom stereocenters. The largest absolute Gasteiger partial charge is 0.493 e. The van der Waals surface area contributed by atoms with Gasteiger partial charge in [-0.1, -0.05) is 6.07 Å². The lowest BCUT2D eigenvalue weighted by Crippen LogP contribution is -2.00. The molecule has 2 aromatic rings. The quantitative estimate of drug-likeness (QED) is 0.877. The van der Waals surface area contributed by atoms with Crippen molar-refractivity contribution in [1.82, 2.24) is 4.98 Å². The number of aromatic carboxylic acids is 1. The lowest BCUT2D eigenvalue weighted by Gasteiger charge is -2.08. The van der Waals surface area contributed by atoms with Crippen LogP contribution in [0, 0.1) is 0 Å². The van der Waals surface area contributed by atoms with E-state index in [4.69, 9.17) is 14.6 Å². The summed E-state index contributed by atoms with van der Waals surface area (Å²) in [5.74, 6) is 0.0570. The van der Waals surface area contributed by atoms with Crippen molar-refractivity contribution in [2.45, 2.75) is 0 Å². The number of fused-ring (bicyclic) bond motifs is 1. The first-order chi connectivity index (χ1) is 8.15. The van der Waals surface area contributed by atoms with Gasteiger partial charge in [-0.15, -0.1) is 0 Å². The topological polar surface area (TPSA) is 68.7 Å². The molecule has 1 heterocycles. The summed E-state index contributed by atoms with van der Waals surface area (Å²) in [7, 11) is 3.06. The Kier molecular flexibility index (Phi) is 2.82. The van der Waals surface area contributed by atoms with E-state index in [9.17, 15) is 4.79 Å². The van der Waals surface area contributed by atoms with Crippen LogP contribution in [0.4, 0.5) is 0 Å². The number of pyridine rings is 1. The maximum atomic E-state index is 10.8. The lowest BCUT2D eigenvalue weighted by molar-refractivity contribution is 0.0691. The van der Waals surface area contributed by atoms with Crippen molar-refractivity contribution in [1.29, 1.82) is 0 Å². The minimum Gasteiger partial charge on any atom is -0.493 e. The van der Waals surface area contributed by atoms with Gasteiger partial charge in [0.2, 0.25) is 0 Å². The van der Waals surface area contributed by atoms with Gasteiger partial charge in [-0.2, -0.15) is 0 Å². The SMILES string of the molecule is COc1cc2ccc(C(=O)O)nc2cc1OC. The molecule has 1 N–H and O–H groups in total. The number of hydrogen-bond acceptors (Lipinski definition) is 4. The van der Waals surface area contributed by atoms with Gasteiger partial charge in [0.15, 0.2) is 11.5 Å².